The van der Waals surface area contributed by atoms with Gasteiger partial charge in [-0.2, -0.15) is 0 Å². The summed E-state index contributed by atoms with van der Waals surface area (Å²) in [5, 5.41) is 1.17. The second-order valence-corrected chi connectivity index (χ2v) is 3.28. The molecule has 1 aromatic rings. The van der Waals surface area contributed by atoms with Crippen molar-refractivity contribution >= 4 is 24.0 Å². The molecular formula is C5H8BNS. The molecule has 8 heavy (non-hydrogen) atoms. The van der Waals surface area contributed by atoms with Crippen molar-refractivity contribution in [1.82, 2.24) is 4.98 Å². The summed E-state index contributed by atoms with van der Waals surface area (Å²) in [5.41, 5.74) is 1.17. The first-order valence-corrected chi connectivity index (χ1v) is 3.42. The fraction of sp³-hybridized carbons (Fsp3) is 0.400. The first kappa shape index (κ1) is 5.82. The van der Waals surface area contributed by atoms with Crippen LogP contribution in [0, 0.1) is 13.8 Å². The summed E-state index contributed by atoms with van der Waals surface area (Å²) in [6.45, 7) is 4.07. The molecule has 1 aromatic heterocycles. The van der Waals surface area contributed by atoms with Crippen molar-refractivity contribution in [3.63, 3.8) is 0 Å². The topological polar surface area (TPSA) is 12.9 Å². The van der Waals surface area contributed by atoms with E-state index in [0.717, 1.165) is 0 Å². The lowest BCUT2D eigenvalue weighted by Gasteiger charge is -1.77. The molecule has 0 unspecified atom stereocenters. The fourth-order valence-corrected chi connectivity index (χ4v) is 1.45. The predicted octanol–water partition coefficient (Wildman–Crippen LogP) is 0.0183. The highest BCUT2D eigenvalue weighted by molar-refractivity contribution is 7.19. The zero-order valence-electron chi connectivity index (χ0n) is 5.36. The molecule has 42 valence electrons. The summed E-state index contributed by atoms with van der Waals surface area (Å²) in [6, 6.07) is 0. The third-order valence-corrected chi connectivity index (χ3v) is 2.12. The summed E-state index contributed by atoms with van der Waals surface area (Å²) >= 11 is 1.76. The van der Waals surface area contributed by atoms with Crippen LogP contribution in [0.1, 0.15) is 10.7 Å². The Labute approximate surface area is 54.2 Å². The molecule has 1 nitrogen and oxygen atoms in total. The second-order valence-electron chi connectivity index (χ2n) is 1.87. The Morgan fingerprint density at radius 1 is 1.50 bits per heavy atom. The lowest BCUT2D eigenvalue weighted by molar-refractivity contribution is 1.21. The van der Waals surface area contributed by atoms with E-state index in [1.165, 1.54) is 15.5 Å². The highest BCUT2D eigenvalue weighted by Gasteiger charge is 1.95. The van der Waals surface area contributed by atoms with Gasteiger partial charge in [0.05, 0.1) is 5.01 Å². The summed E-state index contributed by atoms with van der Waals surface area (Å²) in [6.07, 6.45) is 0. The lowest BCUT2D eigenvalue weighted by atomic mass is 10.1. The molecule has 0 aliphatic rings. The maximum absolute atomic E-state index is 4.23. The molecule has 0 saturated heterocycles. The molecule has 0 fully saturated rings. The number of rotatable bonds is 0. The molecule has 0 aliphatic heterocycles. The minimum absolute atomic E-state index is 1.17. The fourth-order valence-electron chi connectivity index (χ4n) is 0.633. The zero-order valence-corrected chi connectivity index (χ0v) is 6.17. The normalized spacial score (nSPS) is 9.75. The van der Waals surface area contributed by atoms with Crippen molar-refractivity contribution in [2.45, 2.75) is 13.8 Å². The minimum Gasteiger partial charge on any atom is -0.248 e. The number of nitrogens with zero attached hydrogens (tertiary/aromatic N) is 1. The number of hydrogen-bond donors (Lipinski definition) is 0. The van der Waals surface area contributed by atoms with Gasteiger partial charge >= 0.3 is 0 Å². The van der Waals surface area contributed by atoms with Crippen LogP contribution in [0.25, 0.3) is 0 Å². The molecule has 1 rings (SSSR count). The van der Waals surface area contributed by atoms with E-state index in [-0.39, 0.29) is 0 Å². The van der Waals surface area contributed by atoms with E-state index in [2.05, 4.69) is 12.8 Å². The molecule has 0 atom stereocenters. The standard InChI is InChI=1S/C5H8BNS/c1-3-5(6)8-4(2)7-3/h6H2,1-2H3. The van der Waals surface area contributed by atoms with E-state index in [0.29, 0.717) is 0 Å². The van der Waals surface area contributed by atoms with E-state index in [4.69, 9.17) is 0 Å². The maximum atomic E-state index is 4.23. The monoisotopic (exact) mass is 125 g/mol. The van der Waals surface area contributed by atoms with Crippen LogP contribution in [0.4, 0.5) is 0 Å². The van der Waals surface area contributed by atoms with Crippen LogP contribution in [0.15, 0.2) is 0 Å². The Bertz CT molecular complexity index is 175. The number of aromatic nitrogens is 1. The Morgan fingerprint density at radius 3 is 2.25 bits per heavy atom. The first-order valence-electron chi connectivity index (χ1n) is 2.61. The van der Waals surface area contributed by atoms with Crippen LogP contribution in [-0.2, 0) is 0 Å². The molecule has 3 heteroatoms. The summed E-state index contributed by atoms with van der Waals surface area (Å²) in [5.74, 6) is 0. The van der Waals surface area contributed by atoms with Crippen LogP contribution in [-0.4, -0.2) is 12.8 Å². The SMILES string of the molecule is Bc1sc(C)nc1C. The second kappa shape index (κ2) is 1.90. The van der Waals surface area contributed by atoms with E-state index in [9.17, 15) is 0 Å². The molecule has 0 spiro atoms. The quantitative estimate of drug-likeness (QED) is 0.445. The van der Waals surface area contributed by atoms with Crippen LogP contribution >= 0.6 is 11.3 Å². The van der Waals surface area contributed by atoms with Crippen LogP contribution in [0.2, 0.25) is 0 Å². The highest BCUT2D eigenvalue weighted by atomic mass is 32.1. The van der Waals surface area contributed by atoms with Gasteiger partial charge in [0.2, 0.25) is 0 Å². The zero-order chi connectivity index (χ0) is 6.15. The van der Waals surface area contributed by atoms with Gasteiger partial charge in [0.1, 0.15) is 0 Å². The van der Waals surface area contributed by atoms with Crippen LogP contribution in [0.5, 0.6) is 0 Å². The third kappa shape index (κ3) is 0.918. The molecule has 0 aliphatic carbocycles. The molecule has 0 aromatic carbocycles. The smallest absolute Gasteiger partial charge is 0.155 e. The van der Waals surface area contributed by atoms with E-state index >= 15 is 0 Å². The van der Waals surface area contributed by atoms with Gasteiger partial charge in [0.25, 0.3) is 0 Å². The van der Waals surface area contributed by atoms with E-state index in [1.807, 2.05) is 13.8 Å². The average molecular weight is 125 g/mol. The molecular weight excluding hydrogens is 117 g/mol. The van der Waals surface area contributed by atoms with Gasteiger partial charge in [0, 0.05) is 5.69 Å². The number of thiazole rings is 1. The Hall–Kier alpha value is -0.305. The van der Waals surface area contributed by atoms with Gasteiger partial charge in [-0.25, -0.2) is 4.98 Å². The number of hydrogen-bond acceptors (Lipinski definition) is 2. The molecule has 0 radical (unpaired) electrons. The van der Waals surface area contributed by atoms with Crippen molar-refractivity contribution in [3.8, 4) is 0 Å². The molecule has 0 bridgehead atoms. The molecule has 1 heterocycles. The molecule has 0 N–H and O–H groups in total. The van der Waals surface area contributed by atoms with Crippen LogP contribution in [0.3, 0.4) is 0 Å². The lowest BCUT2D eigenvalue weighted by Crippen LogP contribution is -1.97. The summed E-state index contributed by atoms with van der Waals surface area (Å²) in [7, 11) is 2.10. The van der Waals surface area contributed by atoms with E-state index < -0.39 is 0 Å². The van der Waals surface area contributed by atoms with Crippen molar-refractivity contribution in [1.29, 1.82) is 0 Å². The highest BCUT2D eigenvalue weighted by Crippen LogP contribution is 2.00. The van der Waals surface area contributed by atoms with Gasteiger partial charge in [0.15, 0.2) is 7.85 Å². The molecule has 0 saturated carbocycles. The molecule has 0 amide bonds. The summed E-state index contributed by atoms with van der Waals surface area (Å²) < 4.78 is 1.34. The largest absolute Gasteiger partial charge is 0.248 e. The maximum Gasteiger partial charge on any atom is 0.155 e. The third-order valence-electron chi connectivity index (χ3n) is 1.14. The van der Waals surface area contributed by atoms with Crippen LogP contribution < -0.4 is 4.78 Å². The van der Waals surface area contributed by atoms with Gasteiger partial charge in [-0.3, -0.25) is 0 Å². The minimum atomic E-state index is 1.17. The Kier molecular flexibility index (Phi) is 1.38. The van der Waals surface area contributed by atoms with Crippen molar-refractivity contribution < 1.29 is 0 Å². The van der Waals surface area contributed by atoms with Crippen molar-refractivity contribution in [3.05, 3.63) is 10.7 Å². The van der Waals surface area contributed by atoms with Gasteiger partial charge < -0.3 is 0 Å². The van der Waals surface area contributed by atoms with Gasteiger partial charge in [-0.05, 0) is 18.6 Å². The average Bonchev–Trinajstić information content (AvgIpc) is 1.85. The summed E-state index contributed by atoms with van der Waals surface area (Å²) in [4.78, 5) is 4.23. The Balaban J connectivity index is 3.14. The van der Waals surface area contributed by atoms with Crippen molar-refractivity contribution in [2.24, 2.45) is 0 Å². The van der Waals surface area contributed by atoms with Gasteiger partial charge in [-0.15, -0.1) is 11.3 Å². The Morgan fingerprint density at radius 2 is 2.12 bits per heavy atom. The van der Waals surface area contributed by atoms with Crippen molar-refractivity contribution in [2.75, 3.05) is 0 Å². The van der Waals surface area contributed by atoms with Gasteiger partial charge in [-0.1, -0.05) is 0 Å². The first-order chi connectivity index (χ1) is 3.70. The number of aryl methyl sites for hydroxylation is 2. The predicted molar refractivity (Wildman–Crippen MR) is 39.8 cm³/mol. The van der Waals surface area contributed by atoms with E-state index in [1.54, 1.807) is 11.3 Å².